The second-order valence-electron chi connectivity index (χ2n) is 4.17. The zero-order chi connectivity index (χ0) is 10.7. The van der Waals surface area contributed by atoms with Crippen molar-refractivity contribution in [3.05, 3.63) is 35.4 Å². The maximum atomic E-state index is 9.81. The average Bonchev–Trinajstić information content (AvgIpc) is 2.15. The largest absolute Gasteiger partial charge is 0.391 e. The Balaban J connectivity index is 2.83. The van der Waals surface area contributed by atoms with Crippen molar-refractivity contribution in [3.63, 3.8) is 0 Å². The van der Waals surface area contributed by atoms with Crippen LogP contribution in [-0.4, -0.2) is 11.2 Å². The summed E-state index contributed by atoms with van der Waals surface area (Å²) in [7, 11) is 0. The zero-order valence-corrected chi connectivity index (χ0v) is 9.07. The number of aryl methyl sites for hydroxylation is 1. The third-order valence-electron chi connectivity index (χ3n) is 2.48. The fourth-order valence-electron chi connectivity index (χ4n) is 1.49. The van der Waals surface area contributed by atoms with Gasteiger partial charge in [-0.05, 0) is 18.4 Å². The lowest BCUT2D eigenvalue weighted by Gasteiger charge is -2.22. The van der Waals surface area contributed by atoms with Crippen molar-refractivity contribution >= 4 is 0 Å². The minimum Gasteiger partial charge on any atom is -0.391 e. The molecule has 78 valence electrons. The van der Waals surface area contributed by atoms with E-state index in [-0.39, 0.29) is 12.0 Å². The molecule has 0 saturated heterocycles. The first-order chi connectivity index (χ1) is 6.52. The fourth-order valence-corrected chi connectivity index (χ4v) is 1.49. The van der Waals surface area contributed by atoms with Crippen molar-refractivity contribution in [3.8, 4) is 0 Å². The van der Waals surface area contributed by atoms with Gasteiger partial charge < -0.3 is 10.8 Å². The standard InChI is InChI=1S/C12H19NO/c1-8(2)12(14)11(13)10-6-4-5-9(3)7-10/h4-8,11-12,14H,13H2,1-3H3/t11-,12+/m1/s1. The second kappa shape index (κ2) is 4.58. The number of rotatable bonds is 3. The molecule has 3 N–H and O–H groups in total. The molecule has 0 aliphatic rings. The van der Waals surface area contributed by atoms with Gasteiger partial charge in [-0.25, -0.2) is 0 Å². The van der Waals surface area contributed by atoms with Crippen LogP contribution in [0.15, 0.2) is 24.3 Å². The van der Waals surface area contributed by atoms with Gasteiger partial charge >= 0.3 is 0 Å². The van der Waals surface area contributed by atoms with E-state index in [0.717, 1.165) is 5.56 Å². The summed E-state index contributed by atoms with van der Waals surface area (Å²) in [5.74, 6) is 0.186. The molecule has 0 aliphatic carbocycles. The van der Waals surface area contributed by atoms with E-state index in [1.165, 1.54) is 5.56 Å². The minimum absolute atomic E-state index is 0.186. The van der Waals surface area contributed by atoms with Crippen LogP contribution in [0.2, 0.25) is 0 Å². The quantitative estimate of drug-likeness (QED) is 0.771. The molecule has 2 nitrogen and oxygen atoms in total. The molecular weight excluding hydrogens is 174 g/mol. The number of benzene rings is 1. The van der Waals surface area contributed by atoms with E-state index in [0.29, 0.717) is 0 Å². The lowest BCUT2D eigenvalue weighted by Crippen LogP contribution is -2.30. The van der Waals surface area contributed by atoms with Crippen LogP contribution in [-0.2, 0) is 0 Å². The Morgan fingerprint density at radius 3 is 2.43 bits per heavy atom. The highest BCUT2D eigenvalue weighted by molar-refractivity contribution is 5.25. The molecule has 0 fully saturated rings. The minimum atomic E-state index is -0.475. The van der Waals surface area contributed by atoms with Gasteiger partial charge in [-0.3, -0.25) is 0 Å². The van der Waals surface area contributed by atoms with Crippen LogP contribution < -0.4 is 5.73 Å². The van der Waals surface area contributed by atoms with Crippen LogP contribution in [0.1, 0.15) is 31.0 Å². The first-order valence-corrected chi connectivity index (χ1v) is 5.02. The predicted molar refractivity (Wildman–Crippen MR) is 59.0 cm³/mol. The summed E-state index contributed by atoms with van der Waals surface area (Å²) in [6.07, 6.45) is -0.475. The van der Waals surface area contributed by atoms with Gasteiger partial charge in [0.2, 0.25) is 0 Å². The Morgan fingerprint density at radius 1 is 1.29 bits per heavy atom. The molecule has 1 aromatic rings. The van der Waals surface area contributed by atoms with Crippen molar-refractivity contribution in [1.29, 1.82) is 0 Å². The lowest BCUT2D eigenvalue weighted by atomic mass is 9.94. The van der Waals surface area contributed by atoms with Gasteiger partial charge in [0.05, 0.1) is 12.1 Å². The summed E-state index contributed by atoms with van der Waals surface area (Å²) < 4.78 is 0. The number of aliphatic hydroxyl groups excluding tert-OH is 1. The first-order valence-electron chi connectivity index (χ1n) is 5.02. The molecule has 0 amide bonds. The summed E-state index contributed by atoms with van der Waals surface area (Å²) in [5, 5.41) is 9.81. The van der Waals surface area contributed by atoms with E-state index in [4.69, 9.17) is 5.73 Å². The molecular formula is C12H19NO. The van der Waals surface area contributed by atoms with Crippen molar-refractivity contribution in [1.82, 2.24) is 0 Å². The molecule has 2 atom stereocenters. The van der Waals surface area contributed by atoms with Crippen LogP contribution >= 0.6 is 0 Å². The predicted octanol–water partition coefficient (Wildman–Crippen LogP) is 2.01. The highest BCUT2D eigenvalue weighted by atomic mass is 16.3. The van der Waals surface area contributed by atoms with E-state index >= 15 is 0 Å². The summed E-state index contributed by atoms with van der Waals surface area (Å²) in [6, 6.07) is 7.70. The van der Waals surface area contributed by atoms with Crippen LogP contribution in [0.5, 0.6) is 0 Å². The summed E-state index contributed by atoms with van der Waals surface area (Å²) in [6.45, 7) is 5.97. The van der Waals surface area contributed by atoms with E-state index in [1.54, 1.807) is 0 Å². The van der Waals surface area contributed by atoms with E-state index in [9.17, 15) is 5.11 Å². The molecule has 1 rings (SSSR count). The van der Waals surface area contributed by atoms with Gasteiger partial charge in [0.1, 0.15) is 0 Å². The van der Waals surface area contributed by atoms with Crippen molar-refractivity contribution < 1.29 is 5.11 Å². The van der Waals surface area contributed by atoms with Gasteiger partial charge in [-0.15, -0.1) is 0 Å². The van der Waals surface area contributed by atoms with Gasteiger partial charge in [0, 0.05) is 0 Å². The van der Waals surface area contributed by atoms with Crippen LogP contribution in [0, 0.1) is 12.8 Å². The Hall–Kier alpha value is -0.860. The van der Waals surface area contributed by atoms with E-state index in [1.807, 2.05) is 45.0 Å². The highest BCUT2D eigenvalue weighted by Gasteiger charge is 2.19. The van der Waals surface area contributed by atoms with Gasteiger partial charge in [-0.1, -0.05) is 43.7 Å². The van der Waals surface area contributed by atoms with Crippen molar-refractivity contribution in [2.75, 3.05) is 0 Å². The molecule has 2 heteroatoms. The lowest BCUT2D eigenvalue weighted by molar-refractivity contribution is 0.0979. The second-order valence-corrected chi connectivity index (χ2v) is 4.17. The SMILES string of the molecule is Cc1cccc([C@@H](N)[C@@H](O)C(C)C)c1. The van der Waals surface area contributed by atoms with Gasteiger partial charge in [0.15, 0.2) is 0 Å². The number of hydrogen-bond donors (Lipinski definition) is 2. The molecule has 1 aromatic carbocycles. The van der Waals surface area contributed by atoms with Crippen molar-refractivity contribution in [2.45, 2.75) is 32.9 Å². The zero-order valence-electron chi connectivity index (χ0n) is 9.07. The van der Waals surface area contributed by atoms with Crippen molar-refractivity contribution in [2.24, 2.45) is 11.7 Å². The monoisotopic (exact) mass is 193 g/mol. The molecule has 0 bridgehead atoms. The third kappa shape index (κ3) is 2.56. The molecule has 0 radical (unpaired) electrons. The Kier molecular flexibility index (Phi) is 3.67. The van der Waals surface area contributed by atoms with Crippen LogP contribution in [0.25, 0.3) is 0 Å². The summed E-state index contributed by atoms with van der Waals surface area (Å²) in [4.78, 5) is 0. The third-order valence-corrected chi connectivity index (χ3v) is 2.48. The number of hydrogen-bond acceptors (Lipinski definition) is 2. The molecule has 0 unspecified atom stereocenters. The number of nitrogens with two attached hydrogens (primary N) is 1. The molecule has 0 heterocycles. The Labute approximate surface area is 85.8 Å². The maximum Gasteiger partial charge on any atom is 0.0755 e. The normalized spacial score (nSPS) is 15.6. The van der Waals surface area contributed by atoms with Gasteiger partial charge in [-0.2, -0.15) is 0 Å². The van der Waals surface area contributed by atoms with Crippen LogP contribution in [0.3, 0.4) is 0 Å². The number of aliphatic hydroxyl groups is 1. The maximum absolute atomic E-state index is 9.81. The summed E-state index contributed by atoms with van der Waals surface area (Å²) in [5.41, 5.74) is 8.14. The summed E-state index contributed by atoms with van der Waals surface area (Å²) >= 11 is 0. The molecule has 0 saturated carbocycles. The highest BCUT2D eigenvalue weighted by Crippen LogP contribution is 2.20. The molecule has 0 aliphatic heterocycles. The van der Waals surface area contributed by atoms with Gasteiger partial charge in [0.25, 0.3) is 0 Å². The Morgan fingerprint density at radius 2 is 1.93 bits per heavy atom. The topological polar surface area (TPSA) is 46.2 Å². The molecule has 0 aromatic heterocycles. The smallest absolute Gasteiger partial charge is 0.0755 e. The fraction of sp³-hybridized carbons (Fsp3) is 0.500. The average molecular weight is 193 g/mol. The molecule has 14 heavy (non-hydrogen) atoms. The first kappa shape index (κ1) is 11.2. The van der Waals surface area contributed by atoms with E-state index in [2.05, 4.69) is 0 Å². The molecule has 0 spiro atoms. The van der Waals surface area contributed by atoms with Crippen LogP contribution in [0.4, 0.5) is 0 Å². The van der Waals surface area contributed by atoms with E-state index < -0.39 is 6.10 Å². The Bertz CT molecular complexity index is 296.